The highest BCUT2D eigenvalue weighted by atomic mass is 32.1. The lowest BCUT2D eigenvalue weighted by atomic mass is 10.0. The van der Waals surface area contributed by atoms with Gasteiger partial charge in [0, 0.05) is 43.3 Å². The van der Waals surface area contributed by atoms with Crippen molar-refractivity contribution in [2.75, 3.05) is 4.90 Å². The van der Waals surface area contributed by atoms with E-state index in [4.69, 9.17) is 0 Å². The van der Waals surface area contributed by atoms with Gasteiger partial charge in [-0.2, -0.15) is 0 Å². The van der Waals surface area contributed by atoms with Crippen LogP contribution in [0.25, 0.3) is 91.1 Å². The van der Waals surface area contributed by atoms with E-state index < -0.39 is 0 Å². The van der Waals surface area contributed by atoms with Gasteiger partial charge in [-0.15, -0.1) is 11.3 Å². The lowest BCUT2D eigenvalue weighted by Crippen LogP contribution is -2.10. The zero-order valence-corrected chi connectivity index (χ0v) is 31.7. The van der Waals surface area contributed by atoms with Crippen molar-refractivity contribution in [3.63, 3.8) is 0 Å². The summed E-state index contributed by atoms with van der Waals surface area (Å²) in [6, 6.07) is 75.7. The van der Waals surface area contributed by atoms with Crippen molar-refractivity contribution < 1.29 is 0 Å². The third-order valence-corrected chi connectivity index (χ3v) is 13.0. The molecule has 0 aliphatic heterocycles. The Hall–Kier alpha value is -7.20. The summed E-state index contributed by atoms with van der Waals surface area (Å²) < 4.78 is 5.01. The van der Waals surface area contributed by atoms with Crippen molar-refractivity contribution in [3.05, 3.63) is 206 Å². The van der Waals surface area contributed by atoms with Gasteiger partial charge in [0.2, 0.25) is 0 Å². The highest BCUT2D eigenvalue weighted by molar-refractivity contribution is 7.27. The zero-order valence-electron chi connectivity index (χ0n) is 30.9. The summed E-state index contributed by atoms with van der Waals surface area (Å²) in [6.45, 7) is 0. The van der Waals surface area contributed by atoms with Gasteiger partial charge in [0.1, 0.15) is 0 Å². The first-order chi connectivity index (χ1) is 28.3. The number of anilines is 3. The Kier molecular flexibility index (Phi) is 7.13. The Balaban J connectivity index is 1.03. The fourth-order valence-electron chi connectivity index (χ4n) is 9.07. The molecule has 0 saturated carbocycles. The average Bonchev–Trinajstić information content (AvgIpc) is 3.84. The van der Waals surface area contributed by atoms with Gasteiger partial charge in [0.15, 0.2) is 0 Å². The second-order valence-corrected chi connectivity index (χ2v) is 15.9. The van der Waals surface area contributed by atoms with Gasteiger partial charge in [-0.1, -0.05) is 152 Å². The van der Waals surface area contributed by atoms with E-state index in [1.165, 1.54) is 91.1 Å². The van der Waals surface area contributed by atoms with Gasteiger partial charge >= 0.3 is 0 Å². The van der Waals surface area contributed by atoms with Crippen LogP contribution in [0.15, 0.2) is 206 Å². The summed E-state index contributed by atoms with van der Waals surface area (Å²) in [5.74, 6) is 0. The molecule has 12 aromatic rings. The van der Waals surface area contributed by atoms with E-state index in [-0.39, 0.29) is 0 Å². The Labute approximate surface area is 333 Å². The van der Waals surface area contributed by atoms with E-state index in [9.17, 15) is 0 Å². The number of thiophene rings is 1. The van der Waals surface area contributed by atoms with Crippen LogP contribution in [0.1, 0.15) is 0 Å². The first-order valence-electron chi connectivity index (χ1n) is 19.5. The molecule has 0 bridgehead atoms. The molecule has 2 heterocycles. The second-order valence-electron chi connectivity index (χ2n) is 14.9. The van der Waals surface area contributed by atoms with Crippen LogP contribution in [0, 0.1) is 0 Å². The molecule has 266 valence electrons. The molecular formula is C54H34N2S. The zero-order chi connectivity index (χ0) is 37.5. The number of fused-ring (bicyclic) bond motifs is 11. The molecule has 12 rings (SSSR count). The summed E-state index contributed by atoms with van der Waals surface area (Å²) in [7, 11) is 0. The number of hydrogen-bond acceptors (Lipinski definition) is 2. The molecule has 3 heteroatoms. The summed E-state index contributed by atoms with van der Waals surface area (Å²) >= 11 is 1.90. The fourth-order valence-corrected chi connectivity index (χ4v) is 10.4. The monoisotopic (exact) mass is 742 g/mol. The van der Waals surface area contributed by atoms with Gasteiger partial charge in [-0.3, -0.25) is 0 Å². The smallest absolute Gasteiger partial charge is 0.0640 e. The molecule has 0 saturated heterocycles. The molecule has 10 aromatic carbocycles. The number of nitrogens with zero attached hydrogens (tertiary/aromatic N) is 2. The lowest BCUT2D eigenvalue weighted by Gasteiger charge is -2.27. The Morgan fingerprint density at radius 3 is 1.67 bits per heavy atom. The molecule has 2 aromatic heterocycles. The molecule has 57 heavy (non-hydrogen) atoms. The van der Waals surface area contributed by atoms with Crippen LogP contribution < -0.4 is 4.90 Å². The van der Waals surface area contributed by atoms with Crippen LogP contribution in [-0.4, -0.2) is 4.57 Å². The van der Waals surface area contributed by atoms with Gasteiger partial charge in [0.25, 0.3) is 0 Å². The standard InChI is InChI=1S/C54H34N2S/c1-3-15-43-36(11-1)23-24-38-27-31-42(34-49(38)43)55(52-22-10-19-47-48-32-28-37-12-2-4-16-44(37)53(48)57-54(47)52)40-29-25-35(26-30-40)39-13-9-14-41(33-39)56-50-20-7-5-17-45(50)46-18-6-8-21-51(46)56/h1-34H. The SMILES string of the molecule is c1cc(-c2ccc(N(c3ccc4ccc5ccccc5c4c3)c3cccc4c3sc3c5ccccc5ccc43)cc2)cc(-n2c3ccccc3c3ccccc32)c1. The van der Waals surface area contributed by atoms with E-state index in [2.05, 4.69) is 216 Å². The minimum Gasteiger partial charge on any atom is -0.309 e. The van der Waals surface area contributed by atoms with E-state index in [0.29, 0.717) is 0 Å². The molecule has 0 unspecified atom stereocenters. The molecule has 0 atom stereocenters. The van der Waals surface area contributed by atoms with Crippen molar-refractivity contribution in [1.82, 2.24) is 4.57 Å². The largest absolute Gasteiger partial charge is 0.309 e. The molecule has 0 N–H and O–H groups in total. The molecule has 0 aliphatic carbocycles. The number of aromatic nitrogens is 1. The van der Waals surface area contributed by atoms with Gasteiger partial charge in [-0.25, -0.2) is 0 Å². The van der Waals surface area contributed by atoms with E-state index >= 15 is 0 Å². The predicted molar refractivity (Wildman–Crippen MR) is 246 cm³/mol. The maximum atomic E-state index is 2.46. The first kappa shape index (κ1) is 32.1. The number of para-hydroxylation sites is 2. The van der Waals surface area contributed by atoms with E-state index in [0.717, 1.165) is 17.1 Å². The average molecular weight is 743 g/mol. The van der Waals surface area contributed by atoms with Crippen molar-refractivity contribution in [1.29, 1.82) is 0 Å². The molecule has 2 nitrogen and oxygen atoms in total. The van der Waals surface area contributed by atoms with Crippen LogP contribution in [0.3, 0.4) is 0 Å². The molecule has 0 spiro atoms. The number of benzene rings is 10. The van der Waals surface area contributed by atoms with Crippen LogP contribution in [0.5, 0.6) is 0 Å². The minimum absolute atomic E-state index is 1.12. The highest BCUT2D eigenvalue weighted by Gasteiger charge is 2.20. The van der Waals surface area contributed by atoms with Gasteiger partial charge in [-0.05, 0) is 98.0 Å². The molecular weight excluding hydrogens is 709 g/mol. The minimum atomic E-state index is 1.12. The van der Waals surface area contributed by atoms with Gasteiger partial charge < -0.3 is 9.47 Å². The topological polar surface area (TPSA) is 8.17 Å². The summed E-state index contributed by atoms with van der Waals surface area (Å²) in [5.41, 5.74) is 9.38. The molecule has 0 radical (unpaired) electrons. The van der Waals surface area contributed by atoms with Crippen molar-refractivity contribution in [2.45, 2.75) is 0 Å². The van der Waals surface area contributed by atoms with Crippen LogP contribution in [-0.2, 0) is 0 Å². The third kappa shape index (κ3) is 5.03. The summed E-state index contributed by atoms with van der Waals surface area (Å²) in [5, 5.41) is 12.7. The van der Waals surface area contributed by atoms with Crippen molar-refractivity contribution in [3.8, 4) is 16.8 Å². The maximum absolute atomic E-state index is 2.46. The summed E-state index contributed by atoms with van der Waals surface area (Å²) in [4.78, 5) is 2.46. The highest BCUT2D eigenvalue weighted by Crippen LogP contribution is 2.47. The van der Waals surface area contributed by atoms with Crippen molar-refractivity contribution >= 4 is 103 Å². The lowest BCUT2D eigenvalue weighted by molar-refractivity contribution is 1.18. The Morgan fingerprint density at radius 2 is 0.895 bits per heavy atom. The molecule has 0 amide bonds. The van der Waals surface area contributed by atoms with E-state index in [1.807, 2.05) is 11.3 Å². The van der Waals surface area contributed by atoms with E-state index in [1.54, 1.807) is 0 Å². The molecule has 0 aliphatic rings. The Morgan fingerprint density at radius 1 is 0.333 bits per heavy atom. The quantitative estimate of drug-likeness (QED) is 0.159. The van der Waals surface area contributed by atoms with Crippen LogP contribution in [0.4, 0.5) is 17.1 Å². The van der Waals surface area contributed by atoms with Crippen LogP contribution >= 0.6 is 11.3 Å². The number of hydrogen-bond donors (Lipinski definition) is 0. The Bertz CT molecular complexity index is 3480. The predicted octanol–water partition coefficient (Wildman–Crippen LogP) is 15.7. The number of rotatable bonds is 5. The van der Waals surface area contributed by atoms with Gasteiger partial charge in [0.05, 0.1) is 21.4 Å². The van der Waals surface area contributed by atoms with Crippen molar-refractivity contribution in [2.24, 2.45) is 0 Å². The summed E-state index contributed by atoms with van der Waals surface area (Å²) in [6.07, 6.45) is 0. The second kappa shape index (κ2) is 12.7. The molecule has 0 fully saturated rings. The van der Waals surface area contributed by atoms with Crippen LogP contribution in [0.2, 0.25) is 0 Å². The third-order valence-electron chi connectivity index (χ3n) is 11.7. The fraction of sp³-hybridized carbons (Fsp3) is 0. The maximum Gasteiger partial charge on any atom is 0.0640 e. The normalized spacial score (nSPS) is 11.9. The first-order valence-corrected chi connectivity index (χ1v) is 20.3.